The first kappa shape index (κ1) is 15.0. The van der Waals surface area contributed by atoms with Crippen LogP contribution in [0.25, 0.3) is 0 Å². The number of methoxy groups -OCH3 is 1. The molecule has 1 atom stereocenters. The van der Waals surface area contributed by atoms with Crippen LogP contribution in [0.1, 0.15) is 22.6 Å². The SMILES string of the molecule is COc1ccccc1CC(=O)Nc1nc2c(s1)C[C@@H](N)CC2. The number of hydrogen-bond acceptors (Lipinski definition) is 5. The van der Waals surface area contributed by atoms with E-state index in [1.165, 1.54) is 16.2 Å². The molecule has 0 unspecified atom stereocenters. The number of benzene rings is 1. The molecule has 1 aliphatic carbocycles. The maximum Gasteiger partial charge on any atom is 0.230 e. The van der Waals surface area contributed by atoms with Crippen LogP contribution in [0.3, 0.4) is 0 Å². The standard InChI is InChI=1S/C16H19N3O2S/c1-21-13-5-3-2-4-10(13)8-15(20)19-16-18-12-7-6-11(17)9-14(12)22-16/h2-5,11H,6-9,17H2,1H3,(H,18,19,20)/t11-/m0/s1. The van der Waals surface area contributed by atoms with Gasteiger partial charge in [-0.2, -0.15) is 0 Å². The van der Waals surface area contributed by atoms with Gasteiger partial charge < -0.3 is 15.8 Å². The highest BCUT2D eigenvalue weighted by molar-refractivity contribution is 7.15. The number of hydrogen-bond donors (Lipinski definition) is 2. The summed E-state index contributed by atoms with van der Waals surface area (Å²) in [7, 11) is 1.61. The first-order valence-electron chi connectivity index (χ1n) is 7.31. The second-order valence-electron chi connectivity index (χ2n) is 5.43. The average Bonchev–Trinajstić information content (AvgIpc) is 2.88. The van der Waals surface area contributed by atoms with Crippen LogP contribution in [0.15, 0.2) is 24.3 Å². The smallest absolute Gasteiger partial charge is 0.230 e. The zero-order valence-electron chi connectivity index (χ0n) is 12.5. The maximum absolute atomic E-state index is 12.2. The normalized spacial score (nSPS) is 16.9. The fraction of sp³-hybridized carbons (Fsp3) is 0.375. The Bertz CT molecular complexity index is 684. The van der Waals surface area contributed by atoms with E-state index in [9.17, 15) is 4.79 Å². The lowest BCUT2D eigenvalue weighted by molar-refractivity contribution is -0.115. The van der Waals surface area contributed by atoms with E-state index >= 15 is 0 Å². The summed E-state index contributed by atoms with van der Waals surface area (Å²) in [4.78, 5) is 17.9. The highest BCUT2D eigenvalue weighted by Gasteiger charge is 2.20. The van der Waals surface area contributed by atoms with Crippen molar-refractivity contribution < 1.29 is 9.53 Å². The van der Waals surface area contributed by atoms with Crippen LogP contribution in [0.2, 0.25) is 0 Å². The zero-order valence-corrected chi connectivity index (χ0v) is 13.3. The van der Waals surface area contributed by atoms with Crippen LogP contribution in [-0.2, 0) is 24.1 Å². The molecule has 1 heterocycles. The molecule has 0 saturated heterocycles. The Hall–Kier alpha value is -1.92. The van der Waals surface area contributed by atoms with E-state index in [0.29, 0.717) is 5.13 Å². The maximum atomic E-state index is 12.2. The summed E-state index contributed by atoms with van der Waals surface area (Å²) >= 11 is 1.53. The van der Waals surface area contributed by atoms with E-state index in [2.05, 4.69) is 10.3 Å². The van der Waals surface area contributed by atoms with Gasteiger partial charge in [-0.25, -0.2) is 4.98 Å². The second kappa shape index (κ2) is 6.46. The summed E-state index contributed by atoms with van der Waals surface area (Å²) in [6.07, 6.45) is 2.99. The Labute approximate surface area is 133 Å². The molecule has 1 amide bonds. The Balaban J connectivity index is 1.67. The number of ether oxygens (including phenoxy) is 1. The van der Waals surface area contributed by atoms with E-state index in [0.717, 1.165) is 36.3 Å². The van der Waals surface area contributed by atoms with E-state index in [1.807, 2.05) is 24.3 Å². The molecule has 1 aromatic heterocycles. The lowest BCUT2D eigenvalue weighted by atomic mass is 9.99. The molecule has 5 nitrogen and oxygen atoms in total. The van der Waals surface area contributed by atoms with Crippen molar-refractivity contribution in [2.24, 2.45) is 5.73 Å². The number of rotatable bonds is 4. The number of aromatic nitrogens is 1. The molecule has 0 spiro atoms. The van der Waals surface area contributed by atoms with E-state index < -0.39 is 0 Å². The minimum Gasteiger partial charge on any atom is -0.496 e. The average molecular weight is 317 g/mol. The van der Waals surface area contributed by atoms with Gasteiger partial charge in [-0.1, -0.05) is 18.2 Å². The number of carbonyl (C=O) groups excluding carboxylic acids is 1. The third-order valence-corrected chi connectivity index (χ3v) is 4.80. The predicted octanol–water partition coefficient (Wildman–Crippen LogP) is 2.15. The summed E-state index contributed by atoms with van der Waals surface area (Å²) in [6.45, 7) is 0. The minimum absolute atomic E-state index is 0.0834. The lowest BCUT2D eigenvalue weighted by Crippen LogP contribution is -2.27. The van der Waals surface area contributed by atoms with Gasteiger partial charge in [0.05, 0.1) is 19.2 Å². The van der Waals surface area contributed by atoms with Crippen LogP contribution in [0, 0.1) is 0 Å². The molecule has 0 aliphatic heterocycles. The molecule has 0 fully saturated rings. The van der Waals surface area contributed by atoms with Crippen molar-refractivity contribution >= 4 is 22.4 Å². The van der Waals surface area contributed by atoms with Gasteiger partial charge in [0.2, 0.25) is 5.91 Å². The minimum atomic E-state index is -0.0834. The van der Waals surface area contributed by atoms with Crippen LogP contribution in [0.4, 0.5) is 5.13 Å². The highest BCUT2D eigenvalue weighted by Crippen LogP contribution is 2.29. The van der Waals surface area contributed by atoms with Gasteiger partial charge in [0.15, 0.2) is 5.13 Å². The van der Waals surface area contributed by atoms with E-state index in [4.69, 9.17) is 10.5 Å². The van der Waals surface area contributed by atoms with Gasteiger partial charge in [-0.05, 0) is 25.3 Å². The lowest BCUT2D eigenvalue weighted by Gasteiger charge is -2.15. The molecule has 0 saturated carbocycles. The summed E-state index contributed by atoms with van der Waals surface area (Å²) in [5.74, 6) is 0.641. The number of nitrogens with one attached hydrogen (secondary N) is 1. The predicted molar refractivity (Wildman–Crippen MR) is 87.4 cm³/mol. The number of nitrogens with zero attached hydrogens (tertiary/aromatic N) is 1. The molecule has 0 radical (unpaired) electrons. The summed E-state index contributed by atoms with van der Waals surface area (Å²) in [6, 6.07) is 7.74. The second-order valence-corrected chi connectivity index (χ2v) is 6.51. The van der Waals surface area contributed by atoms with Crippen molar-refractivity contribution in [2.45, 2.75) is 31.7 Å². The number of nitrogens with two attached hydrogens (primary N) is 1. The fourth-order valence-electron chi connectivity index (χ4n) is 2.64. The Morgan fingerprint density at radius 1 is 1.50 bits per heavy atom. The molecule has 0 bridgehead atoms. The molecule has 1 aromatic carbocycles. The third kappa shape index (κ3) is 3.28. The van der Waals surface area contributed by atoms with Crippen LogP contribution in [-0.4, -0.2) is 24.0 Å². The van der Waals surface area contributed by atoms with Gasteiger partial charge in [0, 0.05) is 16.5 Å². The quantitative estimate of drug-likeness (QED) is 0.906. The molecule has 116 valence electrons. The summed E-state index contributed by atoms with van der Waals surface area (Å²) in [5.41, 5.74) is 7.92. The number of thiazole rings is 1. The molecule has 1 aliphatic rings. The topological polar surface area (TPSA) is 77.2 Å². The number of carbonyl (C=O) groups is 1. The molecule has 6 heteroatoms. The number of aryl methyl sites for hydroxylation is 1. The third-order valence-electron chi connectivity index (χ3n) is 3.77. The van der Waals surface area contributed by atoms with E-state index in [1.54, 1.807) is 7.11 Å². The van der Waals surface area contributed by atoms with E-state index in [-0.39, 0.29) is 18.4 Å². The molecule has 3 rings (SSSR count). The molecular formula is C16H19N3O2S. The number of fused-ring (bicyclic) bond motifs is 1. The van der Waals surface area contributed by atoms with Crippen LogP contribution >= 0.6 is 11.3 Å². The summed E-state index contributed by atoms with van der Waals surface area (Å²) in [5, 5.41) is 3.55. The van der Waals surface area contributed by atoms with Crippen LogP contribution in [0.5, 0.6) is 5.75 Å². The first-order chi connectivity index (χ1) is 10.7. The van der Waals surface area contributed by atoms with Crippen LogP contribution < -0.4 is 15.8 Å². The zero-order chi connectivity index (χ0) is 15.5. The molecule has 3 N–H and O–H groups in total. The number of para-hydroxylation sites is 1. The number of amides is 1. The monoisotopic (exact) mass is 317 g/mol. The molecule has 2 aromatic rings. The van der Waals surface area contributed by atoms with Gasteiger partial charge in [0.25, 0.3) is 0 Å². The Kier molecular flexibility index (Phi) is 4.40. The van der Waals surface area contributed by atoms with Crippen molar-refractivity contribution in [3.8, 4) is 5.75 Å². The van der Waals surface area contributed by atoms with Gasteiger partial charge in [0.1, 0.15) is 5.75 Å². The Morgan fingerprint density at radius 3 is 3.14 bits per heavy atom. The largest absolute Gasteiger partial charge is 0.496 e. The Morgan fingerprint density at radius 2 is 2.32 bits per heavy atom. The molecule has 22 heavy (non-hydrogen) atoms. The van der Waals surface area contributed by atoms with Gasteiger partial charge >= 0.3 is 0 Å². The first-order valence-corrected chi connectivity index (χ1v) is 8.13. The van der Waals surface area contributed by atoms with Crippen molar-refractivity contribution in [3.05, 3.63) is 40.4 Å². The van der Waals surface area contributed by atoms with Crippen molar-refractivity contribution in [1.29, 1.82) is 0 Å². The fourth-order valence-corrected chi connectivity index (χ4v) is 3.76. The van der Waals surface area contributed by atoms with Gasteiger partial charge in [-0.15, -0.1) is 11.3 Å². The van der Waals surface area contributed by atoms with Crippen molar-refractivity contribution in [3.63, 3.8) is 0 Å². The number of anilines is 1. The molecular weight excluding hydrogens is 298 g/mol. The van der Waals surface area contributed by atoms with Gasteiger partial charge in [-0.3, -0.25) is 4.79 Å². The highest BCUT2D eigenvalue weighted by atomic mass is 32.1. The van der Waals surface area contributed by atoms with Crippen molar-refractivity contribution in [1.82, 2.24) is 4.98 Å². The summed E-state index contributed by atoms with van der Waals surface area (Å²) < 4.78 is 5.27. The van der Waals surface area contributed by atoms with Crippen molar-refractivity contribution in [2.75, 3.05) is 12.4 Å².